The van der Waals surface area contributed by atoms with E-state index in [1.807, 2.05) is 16.7 Å². The van der Waals surface area contributed by atoms with Crippen LogP contribution in [0.4, 0.5) is 5.69 Å². The van der Waals surface area contributed by atoms with Gasteiger partial charge in [0.05, 0.1) is 40.5 Å². The van der Waals surface area contributed by atoms with Crippen molar-refractivity contribution < 1.29 is 22.7 Å². The molecule has 0 bridgehead atoms. The summed E-state index contributed by atoms with van der Waals surface area (Å²) in [5, 5.41) is 9.75. The quantitative estimate of drug-likeness (QED) is 0.215. The summed E-state index contributed by atoms with van der Waals surface area (Å²) >= 11 is 0. The third-order valence-corrected chi connectivity index (χ3v) is 7.80. The number of anilines is 1. The molecule has 41 heavy (non-hydrogen) atoms. The van der Waals surface area contributed by atoms with Gasteiger partial charge in [-0.3, -0.25) is 14.5 Å². The van der Waals surface area contributed by atoms with Crippen molar-refractivity contribution in [1.82, 2.24) is 14.5 Å². The second-order valence-electron chi connectivity index (χ2n) is 9.15. The number of nitrogens with one attached hydrogen (secondary N) is 1. The van der Waals surface area contributed by atoms with Crippen LogP contribution in [0.1, 0.15) is 31.2 Å². The number of rotatable bonds is 11. The summed E-state index contributed by atoms with van der Waals surface area (Å²) in [6, 6.07) is 22.5. The van der Waals surface area contributed by atoms with Crippen molar-refractivity contribution in [1.29, 1.82) is 5.26 Å². The highest BCUT2D eigenvalue weighted by Crippen LogP contribution is 2.27. The number of hydrogen-bond acceptors (Lipinski definition) is 8. The second kappa shape index (κ2) is 12.1. The van der Waals surface area contributed by atoms with E-state index in [2.05, 4.69) is 15.8 Å². The Balaban J connectivity index is 1.42. The third kappa shape index (κ3) is 6.28. The average Bonchev–Trinajstić information content (AvgIpc) is 3.32. The van der Waals surface area contributed by atoms with Gasteiger partial charge in [0.2, 0.25) is 0 Å². The van der Waals surface area contributed by atoms with Crippen molar-refractivity contribution in [3.63, 3.8) is 0 Å². The summed E-state index contributed by atoms with van der Waals surface area (Å²) in [5.41, 5.74) is 2.59. The molecule has 5 rings (SSSR count). The van der Waals surface area contributed by atoms with E-state index >= 15 is 0 Å². The number of ether oxygens (including phenoxy) is 2. The molecule has 3 aromatic carbocycles. The largest absolute Gasteiger partial charge is 0.486 e. The average molecular weight is 570 g/mol. The highest BCUT2D eigenvalue weighted by Gasteiger charge is 2.20. The van der Waals surface area contributed by atoms with Crippen LogP contribution in [0.3, 0.4) is 0 Å². The molecular weight excluding hydrogens is 542 g/mol. The first-order valence-electron chi connectivity index (χ1n) is 13.0. The maximum absolute atomic E-state index is 13.3. The van der Waals surface area contributed by atoms with Gasteiger partial charge in [0.25, 0.3) is 10.0 Å². The van der Waals surface area contributed by atoms with Gasteiger partial charge < -0.3 is 14.0 Å². The molecule has 0 saturated carbocycles. The second-order valence-corrected chi connectivity index (χ2v) is 10.8. The van der Waals surface area contributed by atoms with Gasteiger partial charge in [0.1, 0.15) is 23.1 Å². The first-order chi connectivity index (χ1) is 19.9. The number of hydrogen-bond donors (Lipinski definition) is 1. The Hall–Kier alpha value is -4.95. The van der Waals surface area contributed by atoms with Crippen LogP contribution < -0.4 is 9.46 Å². The maximum atomic E-state index is 13.3. The van der Waals surface area contributed by atoms with E-state index in [-0.39, 0.29) is 23.9 Å². The summed E-state index contributed by atoms with van der Waals surface area (Å²) in [6.45, 7) is 2.70. The molecule has 5 aromatic rings. The summed E-state index contributed by atoms with van der Waals surface area (Å²) < 4.78 is 42.2. The molecule has 11 heteroatoms. The van der Waals surface area contributed by atoms with Gasteiger partial charge in [-0.15, -0.1) is 0 Å². The summed E-state index contributed by atoms with van der Waals surface area (Å²) in [7, 11) is -3.94. The topological polar surface area (TPSA) is 136 Å². The molecule has 0 aliphatic carbocycles. The molecule has 0 aliphatic rings. The number of sulfonamides is 1. The van der Waals surface area contributed by atoms with Crippen LogP contribution in [0.25, 0.3) is 21.9 Å². The number of para-hydroxylation sites is 1. The minimum atomic E-state index is -3.94. The molecule has 0 fully saturated rings. The van der Waals surface area contributed by atoms with Crippen LogP contribution in [0.5, 0.6) is 5.75 Å². The van der Waals surface area contributed by atoms with Crippen LogP contribution in [-0.2, 0) is 32.7 Å². The molecular formula is C30H27N5O5S. The number of carbonyl (C=O) groups is 1. The summed E-state index contributed by atoms with van der Waals surface area (Å²) in [6.07, 6.45) is 2.33. The SMILES string of the molecule is CCOC(=O)CCCn1c(COc2ccc(C#N)cc2)nc2cc(NS(=O)(=O)c3cccc4cccnc34)ccc21. The minimum Gasteiger partial charge on any atom is -0.486 e. The molecule has 0 aliphatic heterocycles. The number of nitrogens with zero attached hydrogens (tertiary/aromatic N) is 4. The summed E-state index contributed by atoms with van der Waals surface area (Å²) in [5.74, 6) is 0.907. The molecule has 2 aromatic heterocycles. The third-order valence-electron chi connectivity index (χ3n) is 6.38. The van der Waals surface area contributed by atoms with Gasteiger partial charge in [-0.05, 0) is 67.9 Å². The number of benzene rings is 3. The Morgan fingerprint density at radius 1 is 1.07 bits per heavy atom. The number of fused-ring (bicyclic) bond motifs is 2. The number of imidazole rings is 1. The molecule has 10 nitrogen and oxygen atoms in total. The van der Waals surface area contributed by atoms with Crippen molar-refractivity contribution >= 4 is 43.6 Å². The zero-order chi connectivity index (χ0) is 28.8. The Bertz CT molecular complexity index is 1860. The molecule has 0 saturated heterocycles. The highest BCUT2D eigenvalue weighted by atomic mass is 32.2. The Kier molecular flexibility index (Phi) is 8.12. The van der Waals surface area contributed by atoms with Crippen molar-refractivity contribution in [2.24, 2.45) is 0 Å². The number of pyridine rings is 1. The monoisotopic (exact) mass is 569 g/mol. The number of aryl methyl sites for hydroxylation is 1. The lowest BCUT2D eigenvalue weighted by atomic mass is 10.2. The first-order valence-corrected chi connectivity index (χ1v) is 14.5. The van der Waals surface area contributed by atoms with E-state index in [9.17, 15) is 13.2 Å². The molecule has 2 heterocycles. The van der Waals surface area contributed by atoms with E-state index in [4.69, 9.17) is 19.7 Å². The predicted octanol–water partition coefficient (Wildman–Crippen LogP) is 5.18. The number of esters is 1. The number of aromatic nitrogens is 3. The fourth-order valence-corrected chi connectivity index (χ4v) is 5.72. The highest BCUT2D eigenvalue weighted by molar-refractivity contribution is 7.93. The van der Waals surface area contributed by atoms with E-state index in [0.717, 1.165) is 10.9 Å². The minimum absolute atomic E-state index is 0.0803. The van der Waals surface area contributed by atoms with Crippen LogP contribution in [0.2, 0.25) is 0 Å². The van der Waals surface area contributed by atoms with Crippen LogP contribution in [-0.4, -0.2) is 35.5 Å². The lowest BCUT2D eigenvalue weighted by Gasteiger charge is -2.11. The summed E-state index contributed by atoms with van der Waals surface area (Å²) in [4.78, 5) is 21.0. The van der Waals surface area contributed by atoms with Crippen molar-refractivity contribution in [3.8, 4) is 11.8 Å². The molecule has 0 unspecified atom stereocenters. The molecule has 1 N–H and O–H groups in total. The van der Waals surface area contributed by atoms with Crippen LogP contribution >= 0.6 is 0 Å². The van der Waals surface area contributed by atoms with E-state index < -0.39 is 10.0 Å². The van der Waals surface area contributed by atoms with Gasteiger partial charge in [0.15, 0.2) is 0 Å². The maximum Gasteiger partial charge on any atom is 0.305 e. The fourth-order valence-electron chi connectivity index (χ4n) is 4.49. The first kappa shape index (κ1) is 27.6. The van der Waals surface area contributed by atoms with Gasteiger partial charge in [0, 0.05) is 24.5 Å². The van der Waals surface area contributed by atoms with Crippen molar-refractivity contribution in [2.75, 3.05) is 11.3 Å². The number of carbonyl (C=O) groups excluding carboxylic acids is 1. The normalized spacial score (nSPS) is 11.3. The van der Waals surface area contributed by atoms with E-state index in [0.29, 0.717) is 53.4 Å². The van der Waals surface area contributed by atoms with E-state index in [1.54, 1.807) is 67.7 Å². The molecule has 0 radical (unpaired) electrons. The van der Waals surface area contributed by atoms with Gasteiger partial charge in [-0.2, -0.15) is 5.26 Å². The van der Waals surface area contributed by atoms with Crippen LogP contribution in [0.15, 0.2) is 83.9 Å². The molecule has 208 valence electrons. The van der Waals surface area contributed by atoms with E-state index in [1.165, 1.54) is 6.07 Å². The van der Waals surface area contributed by atoms with Gasteiger partial charge in [-0.25, -0.2) is 13.4 Å². The Labute approximate surface area is 237 Å². The standard InChI is InChI=1S/C30H27N5O5S/c1-2-39-29(36)9-5-17-35-26-15-12-23(34-41(37,38)27-8-3-6-22-7-4-16-32-30(22)27)18-25(26)33-28(35)20-40-24-13-10-21(19-31)11-14-24/h3-4,6-8,10-16,18,34H,2,5,9,17,20H2,1H3. The Morgan fingerprint density at radius 3 is 2.66 bits per heavy atom. The number of nitriles is 1. The molecule has 0 amide bonds. The van der Waals surface area contributed by atoms with Gasteiger partial charge in [-0.1, -0.05) is 18.2 Å². The smallest absolute Gasteiger partial charge is 0.305 e. The molecule has 0 atom stereocenters. The van der Waals surface area contributed by atoms with Crippen molar-refractivity contribution in [3.05, 3.63) is 90.4 Å². The van der Waals surface area contributed by atoms with Gasteiger partial charge >= 0.3 is 5.97 Å². The Morgan fingerprint density at radius 2 is 1.88 bits per heavy atom. The lowest BCUT2D eigenvalue weighted by molar-refractivity contribution is -0.143. The lowest BCUT2D eigenvalue weighted by Crippen LogP contribution is -2.13. The van der Waals surface area contributed by atoms with Crippen molar-refractivity contribution in [2.45, 2.75) is 37.8 Å². The molecule has 0 spiro atoms. The fraction of sp³-hybridized carbons (Fsp3) is 0.200. The van der Waals surface area contributed by atoms with Crippen LogP contribution in [0, 0.1) is 11.3 Å². The predicted molar refractivity (Wildman–Crippen MR) is 154 cm³/mol. The zero-order valence-electron chi connectivity index (χ0n) is 22.3. The zero-order valence-corrected chi connectivity index (χ0v) is 23.1.